The van der Waals surface area contributed by atoms with Gasteiger partial charge in [0.25, 0.3) is 5.69 Å². The Morgan fingerprint density at radius 2 is 1.96 bits per heavy atom. The topological polar surface area (TPSA) is 62.5 Å². The number of halogens is 2. The summed E-state index contributed by atoms with van der Waals surface area (Å²) in [6.07, 6.45) is 1.65. The van der Waals surface area contributed by atoms with Gasteiger partial charge in [0, 0.05) is 49.5 Å². The molecule has 1 aliphatic heterocycles. The van der Waals surface area contributed by atoms with Crippen molar-refractivity contribution in [2.45, 2.75) is 6.54 Å². The Bertz CT molecular complexity index is 733. The number of nitro benzene ring substituents is 1. The monoisotopic (exact) mass is 410 g/mol. The second-order valence-corrected chi connectivity index (χ2v) is 6.97. The number of rotatable bonds is 4. The van der Waals surface area contributed by atoms with Gasteiger partial charge in [-0.15, -0.1) is 0 Å². The minimum atomic E-state index is -0.329. The van der Waals surface area contributed by atoms with Crippen molar-refractivity contribution in [3.8, 4) is 0 Å². The maximum Gasteiger partial charge on any atom is 0.293 e. The molecule has 1 saturated heterocycles. The van der Waals surface area contributed by atoms with Crippen LogP contribution in [-0.2, 0) is 6.54 Å². The van der Waals surface area contributed by atoms with Crippen molar-refractivity contribution < 1.29 is 4.92 Å². The highest BCUT2D eigenvalue weighted by molar-refractivity contribution is 9.10. The average Bonchev–Trinajstić information content (AvgIpc) is 2.58. The summed E-state index contributed by atoms with van der Waals surface area (Å²) < 4.78 is 0.713. The van der Waals surface area contributed by atoms with Crippen LogP contribution >= 0.6 is 27.5 Å². The standard InChI is InChI=1S/C16H16BrClN4O2/c17-12-1-4-15(16(9-12)22(23)24)21-7-5-20(6-8-21)11-14-3-2-13(18)10-19-14/h1-4,9-10H,5-8,11H2. The highest BCUT2D eigenvalue weighted by atomic mass is 79.9. The molecule has 0 radical (unpaired) electrons. The van der Waals surface area contributed by atoms with Gasteiger partial charge in [-0.1, -0.05) is 27.5 Å². The molecule has 0 bridgehead atoms. The van der Waals surface area contributed by atoms with E-state index in [9.17, 15) is 10.1 Å². The van der Waals surface area contributed by atoms with Crippen molar-refractivity contribution >= 4 is 38.9 Å². The second kappa shape index (κ2) is 7.46. The van der Waals surface area contributed by atoms with Crippen LogP contribution in [0.15, 0.2) is 41.0 Å². The Hall–Kier alpha value is -1.70. The van der Waals surface area contributed by atoms with E-state index in [2.05, 4.69) is 30.7 Å². The number of nitrogens with zero attached hydrogens (tertiary/aromatic N) is 4. The lowest BCUT2D eigenvalue weighted by molar-refractivity contribution is -0.384. The van der Waals surface area contributed by atoms with Crippen molar-refractivity contribution in [2.75, 3.05) is 31.1 Å². The summed E-state index contributed by atoms with van der Waals surface area (Å²) >= 11 is 9.14. The maximum absolute atomic E-state index is 11.3. The van der Waals surface area contributed by atoms with Gasteiger partial charge in [-0.05, 0) is 24.3 Å². The molecule has 0 aliphatic carbocycles. The van der Waals surface area contributed by atoms with E-state index in [1.165, 1.54) is 0 Å². The minimum Gasteiger partial charge on any atom is -0.363 e. The molecule has 1 aliphatic rings. The van der Waals surface area contributed by atoms with Crippen LogP contribution in [0.3, 0.4) is 0 Å². The van der Waals surface area contributed by atoms with E-state index in [0.29, 0.717) is 15.2 Å². The van der Waals surface area contributed by atoms with E-state index >= 15 is 0 Å². The van der Waals surface area contributed by atoms with Gasteiger partial charge in [0.05, 0.1) is 15.6 Å². The number of pyridine rings is 1. The van der Waals surface area contributed by atoms with Crippen molar-refractivity contribution in [1.82, 2.24) is 9.88 Å². The average molecular weight is 412 g/mol. The van der Waals surface area contributed by atoms with Crippen molar-refractivity contribution in [3.63, 3.8) is 0 Å². The maximum atomic E-state index is 11.3. The van der Waals surface area contributed by atoms with Gasteiger partial charge in [0.1, 0.15) is 5.69 Å². The fourth-order valence-corrected chi connectivity index (χ4v) is 3.25. The third kappa shape index (κ3) is 4.03. The second-order valence-electron chi connectivity index (χ2n) is 5.62. The third-order valence-corrected chi connectivity index (χ3v) is 4.74. The predicted octanol–water partition coefficient (Wildman–Crippen LogP) is 3.73. The zero-order valence-electron chi connectivity index (χ0n) is 12.9. The molecule has 0 spiro atoms. The summed E-state index contributed by atoms with van der Waals surface area (Å²) in [5.41, 5.74) is 1.78. The fourth-order valence-electron chi connectivity index (χ4n) is 2.79. The van der Waals surface area contributed by atoms with E-state index in [1.54, 1.807) is 18.3 Å². The Morgan fingerprint density at radius 3 is 2.58 bits per heavy atom. The normalized spacial score (nSPS) is 15.5. The first-order valence-corrected chi connectivity index (χ1v) is 8.72. The number of anilines is 1. The van der Waals surface area contributed by atoms with Crippen LogP contribution in [0.1, 0.15) is 5.69 Å². The lowest BCUT2D eigenvalue weighted by Crippen LogP contribution is -2.46. The molecule has 8 heteroatoms. The summed E-state index contributed by atoms with van der Waals surface area (Å²) in [4.78, 5) is 19.6. The molecule has 1 aromatic heterocycles. The number of nitro groups is 1. The number of hydrogen-bond acceptors (Lipinski definition) is 5. The number of benzene rings is 1. The van der Waals surface area contributed by atoms with Crippen molar-refractivity contribution in [1.29, 1.82) is 0 Å². The molecule has 126 valence electrons. The quantitative estimate of drug-likeness (QED) is 0.567. The summed E-state index contributed by atoms with van der Waals surface area (Å²) in [5, 5.41) is 11.9. The molecule has 3 rings (SSSR count). The lowest BCUT2D eigenvalue weighted by Gasteiger charge is -2.35. The SMILES string of the molecule is O=[N+]([O-])c1cc(Br)ccc1N1CCN(Cc2ccc(Cl)cn2)CC1. The van der Waals surface area contributed by atoms with Crippen LogP contribution in [0.2, 0.25) is 5.02 Å². The summed E-state index contributed by atoms with van der Waals surface area (Å²) in [6, 6.07) is 8.96. The van der Waals surface area contributed by atoms with Gasteiger partial charge in [-0.25, -0.2) is 0 Å². The smallest absolute Gasteiger partial charge is 0.293 e. The van der Waals surface area contributed by atoms with E-state index in [0.717, 1.165) is 38.4 Å². The molecule has 2 aromatic rings. The van der Waals surface area contributed by atoms with E-state index in [1.807, 2.05) is 18.2 Å². The molecular formula is C16H16BrClN4O2. The van der Waals surface area contributed by atoms with Gasteiger partial charge in [-0.2, -0.15) is 0 Å². The Kier molecular flexibility index (Phi) is 5.33. The molecule has 0 atom stereocenters. The zero-order valence-corrected chi connectivity index (χ0v) is 15.2. The van der Waals surface area contributed by atoms with Crippen LogP contribution in [0.25, 0.3) is 0 Å². The summed E-state index contributed by atoms with van der Waals surface area (Å²) in [7, 11) is 0. The van der Waals surface area contributed by atoms with Crippen LogP contribution in [-0.4, -0.2) is 41.0 Å². The Labute approximate surface area is 153 Å². The van der Waals surface area contributed by atoms with Crippen LogP contribution in [0.5, 0.6) is 0 Å². The molecule has 1 aromatic carbocycles. The van der Waals surface area contributed by atoms with Crippen LogP contribution in [0.4, 0.5) is 11.4 Å². The Morgan fingerprint density at radius 1 is 1.21 bits per heavy atom. The first kappa shape index (κ1) is 17.1. The first-order valence-electron chi connectivity index (χ1n) is 7.54. The Balaban J connectivity index is 1.65. The minimum absolute atomic E-state index is 0.136. The van der Waals surface area contributed by atoms with Crippen LogP contribution in [0, 0.1) is 10.1 Å². The molecule has 0 saturated carbocycles. The van der Waals surface area contributed by atoms with E-state index < -0.39 is 0 Å². The number of piperazine rings is 1. The largest absolute Gasteiger partial charge is 0.363 e. The highest BCUT2D eigenvalue weighted by Crippen LogP contribution is 2.31. The molecular weight excluding hydrogens is 396 g/mol. The summed E-state index contributed by atoms with van der Waals surface area (Å²) in [6.45, 7) is 3.91. The van der Waals surface area contributed by atoms with Gasteiger partial charge in [-0.3, -0.25) is 20.0 Å². The molecule has 6 nitrogen and oxygen atoms in total. The molecule has 0 N–H and O–H groups in total. The van der Waals surface area contributed by atoms with E-state index in [4.69, 9.17) is 11.6 Å². The van der Waals surface area contributed by atoms with Crippen LogP contribution < -0.4 is 4.90 Å². The number of hydrogen-bond donors (Lipinski definition) is 0. The van der Waals surface area contributed by atoms with Gasteiger partial charge in [0.2, 0.25) is 0 Å². The highest BCUT2D eigenvalue weighted by Gasteiger charge is 2.24. The zero-order chi connectivity index (χ0) is 17.1. The fraction of sp³-hybridized carbons (Fsp3) is 0.312. The number of aromatic nitrogens is 1. The molecule has 24 heavy (non-hydrogen) atoms. The van der Waals surface area contributed by atoms with Gasteiger partial charge in [0.15, 0.2) is 0 Å². The van der Waals surface area contributed by atoms with E-state index in [-0.39, 0.29) is 10.6 Å². The van der Waals surface area contributed by atoms with Gasteiger partial charge >= 0.3 is 0 Å². The third-order valence-electron chi connectivity index (χ3n) is 4.02. The summed E-state index contributed by atoms with van der Waals surface area (Å²) in [5.74, 6) is 0. The van der Waals surface area contributed by atoms with Crippen molar-refractivity contribution in [2.24, 2.45) is 0 Å². The van der Waals surface area contributed by atoms with Crippen molar-refractivity contribution in [3.05, 3.63) is 61.8 Å². The lowest BCUT2D eigenvalue weighted by atomic mass is 10.2. The van der Waals surface area contributed by atoms with Gasteiger partial charge < -0.3 is 4.90 Å². The molecule has 2 heterocycles. The first-order chi connectivity index (χ1) is 11.5. The molecule has 0 amide bonds. The predicted molar refractivity (Wildman–Crippen MR) is 97.5 cm³/mol. The molecule has 0 unspecified atom stereocenters. The molecule has 1 fully saturated rings.